The molecule has 0 radical (unpaired) electrons. The summed E-state index contributed by atoms with van der Waals surface area (Å²) in [7, 11) is 0. The van der Waals surface area contributed by atoms with Gasteiger partial charge in [0.15, 0.2) is 0 Å². The number of rotatable bonds is 0. The van der Waals surface area contributed by atoms with Gasteiger partial charge in [-0.1, -0.05) is 29.5 Å². The summed E-state index contributed by atoms with van der Waals surface area (Å²) < 4.78 is 5.99. The molecule has 1 saturated heterocycles. The molecule has 3 rings (SSSR count). The Bertz CT molecular complexity index is 265. The molecule has 3 fully saturated rings. The summed E-state index contributed by atoms with van der Waals surface area (Å²) in [6.07, 6.45) is 2.52. The highest BCUT2D eigenvalue weighted by Crippen LogP contribution is 2.64. The van der Waals surface area contributed by atoms with E-state index in [1.165, 1.54) is 6.42 Å². The Labute approximate surface area is 85.2 Å². The summed E-state index contributed by atoms with van der Waals surface area (Å²) >= 11 is 2.46. The maximum Gasteiger partial charge on any atom is 0.309 e. The monoisotopic (exact) mass is 278 g/mol. The SMILES string of the molecule is C[C@@]12C[C@H]3C[C@@H]1C(=O)O[C@@H]2[C@H]3I. The van der Waals surface area contributed by atoms with Gasteiger partial charge in [0.25, 0.3) is 0 Å². The van der Waals surface area contributed by atoms with Crippen molar-refractivity contribution in [2.24, 2.45) is 17.3 Å². The molecule has 0 unspecified atom stereocenters. The normalized spacial score (nSPS) is 61.0. The molecule has 5 atom stereocenters. The molecule has 12 heavy (non-hydrogen) atoms. The van der Waals surface area contributed by atoms with Gasteiger partial charge in [0.1, 0.15) is 6.10 Å². The average Bonchev–Trinajstić information content (AvgIpc) is 2.49. The second-order valence-electron chi connectivity index (χ2n) is 4.56. The van der Waals surface area contributed by atoms with Crippen LogP contribution >= 0.6 is 22.6 Å². The number of ether oxygens (including phenoxy) is 1. The highest BCUT2D eigenvalue weighted by Gasteiger charge is 2.68. The minimum absolute atomic E-state index is 0.0733. The lowest BCUT2D eigenvalue weighted by molar-refractivity contribution is -0.143. The third kappa shape index (κ3) is 0.624. The summed E-state index contributed by atoms with van der Waals surface area (Å²) in [5, 5.41) is 0. The molecule has 0 aromatic rings. The molecule has 3 heteroatoms. The number of carbonyl (C=O) groups is 1. The molecule has 0 aromatic heterocycles. The molecule has 1 heterocycles. The van der Waals surface area contributed by atoms with E-state index < -0.39 is 0 Å². The molecule has 0 amide bonds. The zero-order valence-corrected chi connectivity index (χ0v) is 9.08. The number of alkyl halides is 1. The van der Waals surface area contributed by atoms with E-state index in [-0.39, 0.29) is 23.4 Å². The van der Waals surface area contributed by atoms with Crippen LogP contribution in [-0.4, -0.2) is 16.0 Å². The highest BCUT2D eigenvalue weighted by molar-refractivity contribution is 14.1. The van der Waals surface area contributed by atoms with Gasteiger partial charge in [-0.25, -0.2) is 0 Å². The molecule has 1 aliphatic heterocycles. The van der Waals surface area contributed by atoms with Crippen molar-refractivity contribution in [2.75, 3.05) is 0 Å². The van der Waals surface area contributed by atoms with Crippen LogP contribution in [0.15, 0.2) is 0 Å². The van der Waals surface area contributed by atoms with Gasteiger partial charge < -0.3 is 4.74 Å². The van der Waals surface area contributed by atoms with Crippen molar-refractivity contribution in [2.45, 2.75) is 29.8 Å². The first-order valence-electron chi connectivity index (χ1n) is 4.47. The fraction of sp³-hybridized carbons (Fsp3) is 0.889. The number of carbonyl (C=O) groups excluding carboxylic acids is 1. The van der Waals surface area contributed by atoms with E-state index in [1.54, 1.807) is 0 Å². The van der Waals surface area contributed by atoms with E-state index in [2.05, 4.69) is 29.5 Å². The maximum absolute atomic E-state index is 11.4. The standard InChI is InChI=1S/C9H11IO2/c1-9-3-4-2-5(9)8(11)12-7(9)6(4)10/h4-7H,2-3H2,1H3/t4-,5-,6+,7-,9-/m1/s1. The van der Waals surface area contributed by atoms with Crippen molar-refractivity contribution < 1.29 is 9.53 Å². The average molecular weight is 278 g/mol. The molecule has 2 saturated carbocycles. The van der Waals surface area contributed by atoms with Crippen molar-refractivity contribution in [3.8, 4) is 0 Å². The van der Waals surface area contributed by atoms with E-state index in [1.807, 2.05) is 0 Å². The maximum atomic E-state index is 11.4. The fourth-order valence-electron chi connectivity index (χ4n) is 3.30. The van der Waals surface area contributed by atoms with Gasteiger partial charge in [-0.15, -0.1) is 0 Å². The van der Waals surface area contributed by atoms with Crippen LogP contribution in [0.5, 0.6) is 0 Å². The van der Waals surface area contributed by atoms with Crippen LogP contribution in [0.4, 0.5) is 0 Å². The van der Waals surface area contributed by atoms with Gasteiger partial charge in [-0.2, -0.15) is 0 Å². The van der Waals surface area contributed by atoms with Gasteiger partial charge in [0, 0.05) is 5.41 Å². The minimum atomic E-state index is 0.0733. The lowest BCUT2D eigenvalue weighted by Gasteiger charge is -2.27. The second kappa shape index (κ2) is 1.99. The largest absolute Gasteiger partial charge is 0.460 e. The Hall–Kier alpha value is 0.200. The third-order valence-electron chi connectivity index (χ3n) is 3.95. The molecule has 0 N–H and O–H groups in total. The Morgan fingerprint density at radius 3 is 3.00 bits per heavy atom. The zero-order chi connectivity index (χ0) is 8.51. The van der Waals surface area contributed by atoms with E-state index >= 15 is 0 Å². The first-order chi connectivity index (χ1) is 5.63. The topological polar surface area (TPSA) is 26.3 Å². The van der Waals surface area contributed by atoms with Crippen molar-refractivity contribution in [3.63, 3.8) is 0 Å². The Kier molecular flexibility index (Phi) is 1.26. The summed E-state index contributed by atoms with van der Waals surface area (Å²) in [6.45, 7) is 2.23. The summed E-state index contributed by atoms with van der Waals surface area (Å²) in [5.74, 6) is 1.06. The minimum Gasteiger partial charge on any atom is -0.460 e. The van der Waals surface area contributed by atoms with Crippen LogP contribution in [0.2, 0.25) is 0 Å². The van der Waals surface area contributed by atoms with E-state index in [4.69, 9.17) is 4.74 Å². The van der Waals surface area contributed by atoms with Crippen LogP contribution in [0.25, 0.3) is 0 Å². The number of fused-ring (bicyclic) bond motifs is 1. The van der Waals surface area contributed by atoms with Crippen LogP contribution in [-0.2, 0) is 9.53 Å². The Morgan fingerprint density at radius 1 is 1.67 bits per heavy atom. The smallest absolute Gasteiger partial charge is 0.309 e. The van der Waals surface area contributed by atoms with Crippen LogP contribution in [0.3, 0.4) is 0 Å². The van der Waals surface area contributed by atoms with Crippen LogP contribution in [0, 0.1) is 17.3 Å². The summed E-state index contributed by atoms with van der Waals surface area (Å²) in [4.78, 5) is 11.4. The van der Waals surface area contributed by atoms with Crippen LogP contribution < -0.4 is 0 Å². The van der Waals surface area contributed by atoms with Crippen molar-refractivity contribution in [1.82, 2.24) is 0 Å². The predicted molar refractivity (Wildman–Crippen MR) is 52.0 cm³/mol. The van der Waals surface area contributed by atoms with Gasteiger partial charge in [-0.3, -0.25) is 4.79 Å². The molecule has 0 spiro atoms. The lowest BCUT2D eigenvalue weighted by atomic mass is 9.77. The molecule has 66 valence electrons. The van der Waals surface area contributed by atoms with E-state index in [0.717, 1.165) is 12.3 Å². The molecular formula is C9H11IO2. The van der Waals surface area contributed by atoms with Crippen molar-refractivity contribution >= 4 is 28.6 Å². The predicted octanol–water partition coefficient (Wildman–Crippen LogP) is 1.76. The fourth-order valence-corrected chi connectivity index (χ4v) is 4.82. The molecular weight excluding hydrogens is 267 g/mol. The van der Waals surface area contributed by atoms with Gasteiger partial charge in [0.2, 0.25) is 0 Å². The van der Waals surface area contributed by atoms with Crippen LogP contribution in [0.1, 0.15) is 19.8 Å². The first kappa shape index (κ1) is 7.59. The Balaban J connectivity index is 2.11. The molecule has 2 nitrogen and oxygen atoms in total. The number of hydrogen-bond acceptors (Lipinski definition) is 2. The molecule has 2 bridgehead atoms. The van der Waals surface area contributed by atoms with Gasteiger partial charge in [0.05, 0.1) is 9.84 Å². The molecule has 3 aliphatic rings. The van der Waals surface area contributed by atoms with Crippen molar-refractivity contribution in [1.29, 1.82) is 0 Å². The van der Waals surface area contributed by atoms with Crippen molar-refractivity contribution in [3.05, 3.63) is 0 Å². The lowest BCUT2D eigenvalue weighted by Crippen LogP contribution is -2.34. The summed E-state index contributed by atoms with van der Waals surface area (Å²) in [6, 6.07) is 0. The van der Waals surface area contributed by atoms with E-state index in [9.17, 15) is 4.79 Å². The first-order valence-corrected chi connectivity index (χ1v) is 5.72. The van der Waals surface area contributed by atoms with E-state index in [0.29, 0.717) is 3.92 Å². The summed E-state index contributed by atoms with van der Waals surface area (Å²) in [5.41, 5.74) is 0.202. The third-order valence-corrected chi connectivity index (χ3v) is 5.62. The zero-order valence-electron chi connectivity index (χ0n) is 6.92. The molecule has 0 aromatic carbocycles. The van der Waals surface area contributed by atoms with Gasteiger partial charge in [-0.05, 0) is 18.8 Å². The number of esters is 1. The molecule has 2 aliphatic carbocycles. The quantitative estimate of drug-likeness (QED) is 0.383. The second-order valence-corrected chi connectivity index (χ2v) is 6.00. The Morgan fingerprint density at radius 2 is 2.42 bits per heavy atom. The highest BCUT2D eigenvalue weighted by atomic mass is 127. The number of hydrogen-bond donors (Lipinski definition) is 0. The van der Waals surface area contributed by atoms with Gasteiger partial charge >= 0.3 is 5.97 Å². The number of halogens is 1.